The molecule has 2 unspecified atom stereocenters. The second kappa shape index (κ2) is 5.76. The smallest absolute Gasteiger partial charge is 0.238 e. The molecular formula is C20H19N3O3S. The van der Waals surface area contributed by atoms with Crippen LogP contribution in [0.2, 0.25) is 0 Å². The summed E-state index contributed by atoms with van der Waals surface area (Å²) in [6, 6.07) is 13.0. The standard InChI is InChI=1S/C20H19N3O3S/c21-27(25,26)13-6-8-14-12(9-13)5-7-17(20(14)24)19-16-4-2-1-3-15(16)18-10-22-11-23(18)19/h1-4,6,8-11,17,19-20,24H,5,7H2,(H2,21,25,26)/t17?,19-,20?/m1/s1. The van der Waals surface area contributed by atoms with Gasteiger partial charge in [0.15, 0.2) is 0 Å². The monoisotopic (exact) mass is 381 g/mol. The largest absolute Gasteiger partial charge is 0.388 e. The molecule has 0 saturated heterocycles. The Morgan fingerprint density at radius 3 is 2.78 bits per heavy atom. The number of nitrogens with zero attached hydrogens (tertiary/aromatic N) is 2. The third kappa shape index (κ3) is 2.46. The van der Waals surface area contributed by atoms with Crippen molar-refractivity contribution in [2.75, 3.05) is 0 Å². The van der Waals surface area contributed by atoms with E-state index in [1.54, 1.807) is 12.1 Å². The summed E-state index contributed by atoms with van der Waals surface area (Å²) in [4.78, 5) is 4.39. The maximum absolute atomic E-state index is 11.6. The van der Waals surface area contributed by atoms with Gasteiger partial charge in [-0.25, -0.2) is 18.5 Å². The Morgan fingerprint density at radius 2 is 1.96 bits per heavy atom. The Bertz CT molecular complexity index is 1150. The van der Waals surface area contributed by atoms with Crippen LogP contribution in [-0.2, 0) is 16.4 Å². The van der Waals surface area contributed by atoms with E-state index in [1.165, 1.54) is 11.6 Å². The number of benzene rings is 2. The summed E-state index contributed by atoms with van der Waals surface area (Å²) in [5, 5.41) is 16.4. The SMILES string of the molecule is NS(=O)(=O)c1ccc2c(c1)CCC([C@H]1c3ccccc3-c3cncn31)C2O. The zero-order valence-corrected chi connectivity index (χ0v) is 15.3. The van der Waals surface area contributed by atoms with Crippen molar-refractivity contribution in [2.24, 2.45) is 11.1 Å². The van der Waals surface area contributed by atoms with E-state index in [9.17, 15) is 13.5 Å². The number of hydrogen-bond acceptors (Lipinski definition) is 4. The zero-order valence-electron chi connectivity index (χ0n) is 14.5. The lowest BCUT2D eigenvalue weighted by atomic mass is 9.76. The van der Waals surface area contributed by atoms with Crippen molar-refractivity contribution in [1.29, 1.82) is 0 Å². The Kier molecular flexibility index (Phi) is 3.56. The Hall–Kier alpha value is -2.48. The van der Waals surface area contributed by atoms with E-state index < -0.39 is 16.1 Å². The van der Waals surface area contributed by atoms with Crippen LogP contribution in [0, 0.1) is 5.92 Å². The minimum atomic E-state index is -3.75. The van der Waals surface area contributed by atoms with E-state index in [1.807, 2.05) is 24.7 Å². The number of rotatable bonds is 2. The molecule has 0 spiro atoms. The van der Waals surface area contributed by atoms with Gasteiger partial charge in [-0.1, -0.05) is 30.3 Å². The predicted octanol–water partition coefficient (Wildman–Crippen LogP) is 2.40. The van der Waals surface area contributed by atoms with Gasteiger partial charge in [0.05, 0.1) is 35.3 Å². The van der Waals surface area contributed by atoms with Gasteiger partial charge in [-0.15, -0.1) is 0 Å². The van der Waals surface area contributed by atoms with Crippen molar-refractivity contribution >= 4 is 10.0 Å². The average Bonchev–Trinajstić information content (AvgIpc) is 3.22. The molecule has 7 heteroatoms. The maximum Gasteiger partial charge on any atom is 0.238 e. The third-order valence-corrected chi connectivity index (χ3v) is 6.75. The van der Waals surface area contributed by atoms with Crippen molar-refractivity contribution in [2.45, 2.75) is 29.9 Å². The molecule has 0 saturated carbocycles. The molecular weight excluding hydrogens is 362 g/mol. The lowest BCUT2D eigenvalue weighted by molar-refractivity contribution is 0.0719. The number of aliphatic hydroxyl groups excluding tert-OH is 1. The third-order valence-electron chi connectivity index (χ3n) is 5.84. The summed E-state index contributed by atoms with van der Waals surface area (Å²) < 4.78 is 25.4. The molecule has 2 heterocycles. The molecule has 1 aliphatic carbocycles. The Balaban J connectivity index is 1.57. The van der Waals surface area contributed by atoms with Crippen molar-refractivity contribution < 1.29 is 13.5 Å². The van der Waals surface area contributed by atoms with Crippen LogP contribution in [-0.4, -0.2) is 23.1 Å². The number of aryl methyl sites for hydroxylation is 1. The number of primary sulfonamides is 1. The quantitative estimate of drug-likeness (QED) is 0.712. The van der Waals surface area contributed by atoms with Gasteiger partial charge < -0.3 is 9.67 Å². The van der Waals surface area contributed by atoms with Crippen LogP contribution in [0.25, 0.3) is 11.3 Å². The highest BCUT2D eigenvalue weighted by Crippen LogP contribution is 2.49. The molecule has 27 heavy (non-hydrogen) atoms. The summed E-state index contributed by atoms with van der Waals surface area (Å²) in [5.74, 6) is -0.0190. The van der Waals surface area contributed by atoms with Crippen molar-refractivity contribution in [3.05, 3.63) is 71.7 Å². The molecule has 3 aromatic rings. The number of hydrogen-bond donors (Lipinski definition) is 2. The van der Waals surface area contributed by atoms with Gasteiger partial charge in [0.25, 0.3) is 0 Å². The molecule has 5 rings (SSSR count). The number of nitrogens with two attached hydrogens (primary N) is 1. The second-order valence-electron chi connectivity index (χ2n) is 7.27. The molecule has 1 aliphatic heterocycles. The highest BCUT2D eigenvalue weighted by molar-refractivity contribution is 7.89. The second-order valence-corrected chi connectivity index (χ2v) is 8.83. The van der Waals surface area contributed by atoms with Gasteiger partial charge in [-0.05, 0) is 41.7 Å². The molecule has 2 aliphatic rings. The number of imidazole rings is 1. The number of aliphatic hydroxyl groups is 1. The molecule has 2 aromatic carbocycles. The highest BCUT2D eigenvalue weighted by atomic mass is 32.2. The van der Waals surface area contributed by atoms with Crippen LogP contribution in [0.5, 0.6) is 0 Å². The molecule has 0 radical (unpaired) electrons. The zero-order chi connectivity index (χ0) is 18.8. The average molecular weight is 381 g/mol. The summed E-state index contributed by atoms with van der Waals surface area (Å²) in [7, 11) is -3.75. The first-order chi connectivity index (χ1) is 12.9. The Morgan fingerprint density at radius 1 is 1.15 bits per heavy atom. The first-order valence-corrected chi connectivity index (χ1v) is 10.4. The van der Waals surface area contributed by atoms with Crippen LogP contribution in [0.15, 0.2) is 59.9 Å². The van der Waals surface area contributed by atoms with E-state index in [-0.39, 0.29) is 16.9 Å². The van der Waals surface area contributed by atoms with Gasteiger partial charge in [-0.3, -0.25) is 0 Å². The van der Waals surface area contributed by atoms with Crippen LogP contribution in [0.1, 0.15) is 35.3 Å². The lowest BCUT2D eigenvalue weighted by Crippen LogP contribution is -2.29. The first kappa shape index (κ1) is 16.7. The van der Waals surface area contributed by atoms with E-state index >= 15 is 0 Å². The molecule has 0 fully saturated rings. The van der Waals surface area contributed by atoms with E-state index in [0.29, 0.717) is 6.42 Å². The first-order valence-electron chi connectivity index (χ1n) is 8.90. The number of fused-ring (bicyclic) bond motifs is 4. The molecule has 1 aromatic heterocycles. The molecule has 3 N–H and O–H groups in total. The number of sulfonamides is 1. The summed E-state index contributed by atoms with van der Waals surface area (Å²) in [6.07, 6.45) is 4.45. The van der Waals surface area contributed by atoms with Crippen LogP contribution < -0.4 is 5.14 Å². The minimum Gasteiger partial charge on any atom is -0.388 e. The Labute approximate surface area is 157 Å². The van der Waals surface area contributed by atoms with Gasteiger partial charge >= 0.3 is 0 Å². The molecule has 6 nitrogen and oxygen atoms in total. The van der Waals surface area contributed by atoms with Crippen LogP contribution >= 0.6 is 0 Å². The topological polar surface area (TPSA) is 98.2 Å². The van der Waals surface area contributed by atoms with E-state index in [4.69, 9.17) is 5.14 Å². The lowest BCUT2D eigenvalue weighted by Gasteiger charge is -2.35. The van der Waals surface area contributed by atoms with Crippen LogP contribution in [0.3, 0.4) is 0 Å². The molecule has 0 amide bonds. The fourth-order valence-corrected chi connectivity index (χ4v) is 5.18. The summed E-state index contributed by atoms with van der Waals surface area (Å²) in [6.45, 7) is 0. The summed E-state index contributed by atoms with van der Waals surface area (Å²) >= 11 is 0. The van der Waals surface area contributed by atoms with Crippen molar-refractivity contribution in [3.63, 3.8) is 0 Å². The normalized spacial score (nSPS) is 23.6. The predicted molar refractivity (Wildman–Crippen MR) is 100 cm³/mol. The number of aromatic nitrogens is 2. The minimum absolute atomic E-state index is 0.0137. The fourth-order valence-electron chi connectivity index (χ4n) is 4.62. The molecule has 138 valence electrons. The van der Waals surface area contributed by atoms with Crippen LogP contribution in [0.4, 0.5) is 0 Å². The van der Waals surface area contributed by atoms with Gasteiger partial charge in [-0.2, -0.15) is 0 Å². The molecule has 3 atom stereocenters. The summed E-state index contributed by atoms with van der Waals surface area (Å²) in [5.41, 5.74) is 5.05. The van der Waals surface area contributed by atoms with Crippen molar-refractivity contribution in [1.82, 2.24) is 9.55 Å². The van der Waals surface area contributed by atoms with Gasteiger partial charge in [0.1, 0.15) is 0 Å². The maximum atomic E-state index is 11.6. The van der Waals surface area contributed by atoms with Crippen molar-refractivity contribution in [3.8, 4) is 11.3 Å². The van der Waals surface area contributed by atoms with E-state index in [2.05, 4.69) is 21.7 Å². The highest BCUT2D eigenvalue weighted by Gasteiger charge is 2.40. The van der Waals surface area contributed by atoms with E-state index in [0.717, 1.165) is 28.8 Å². The molecule has 0 bridgehead atoms. The fraction of sp³-hybridized carbons (Fsp3) is 0.250. The van der Waals surface area contributed by atoms with Gasteiger partial charge in [0, 0.05) is 11.5 Å². The van der Waals surface area contributed by atoms with Gasteiger partial charge in [0.2, 0.25) is 10.0 Å².